The van der Waals surface area contributed by atoms with Crippen molar-refractivity contribution >= 4 is 11.3 Å². The molecule has 1 unspecified atom stereocenters. The van der Waals surface area contributed by atoms with Crippen LogP contribution in [-0.4, -0.2) is 31.1 Å². The number of nitrogens with one attached hydrogen (secondary N) is 1. The van der Waals surface area contributed by atoms with Gasteiger partial charge in [-0.05, 0) is 70.6 Å². The van der Waals surface area contributed by atoms with Crippen LogP contribution in [0.3, 0.4) is 0 Å². The Kier molecular flexibility index (Phi) is 4.82. The normalized spacial score (nSPS) is 26.5. The molecule has 102 valence electrons. The molecule has 0 bridgehead atoms. The van der Waals surface area contributed by atoms with E-state index in [-0.39, 0.29) is 0 Å². The molecule has 1 fully saturated rings. The van der Waals surface area contributed by atoms with Crippen molar-refractivity contribution in [2.45, 2.75) is 57.7 Å². The first-order chi connectivity index (χ1) is 8.63. The Morgan fingerprint density at radius 1 is 1.33 bits per heavy atom. The van der Waals surface area contributed by atoms with E-state index in [1.54, 1.807) is 0 Å². The first kappa shape index (κ1) is 14.0. The minimum Gasteiger partial charge on any atom is -0.317 e. The lowest BCUT2D eigenvalue weighted by atomic mass is 9.89. The highest BCUT2D eigenvalue weighted by molar-refractivity contribution is 7.10. The number of aryl methyl sites for hydroxylation is 1. The summed E-state index contributed by atoms with van der Waals surface area (Å²) in [6, 6.07) is 4.29. The van der Waals surface area contributed by atoms with Gasteiger partial charge in [-0.15, -0.1) is 11.3 Å². The maximum Gasteiger partial charge on any atom is 0.0415 e. The third kappa shape index (κ3) is 2.95. The monoisotopic (exact) mass is 266 g/mol. The van der Waals surface area contributed by atoms with Gasteiger partial charge in [-0.2, -0.15) is 0 Å². The zero-order valence-electron chi connectivity index (χ0n) is 12.1. The van der Waals surface area contributed by atoms with E-state index in [0.29, 0.717) is 6.04 Å². The van der Waals surface area contributed by atoms with Crippen LogP contribution in [0.1, 0.15) is 49.1 Å². The van der Waals surface area contributed by atoms with E-state index < -0.39 is 0 Å². The van der Waals surface area contributed by atoms with Gasteiger partial charge in [-0.25, -0.2) is 0 Å². The fraction of sp³-hybridized carbons (Fsp3) is 0.733. The largest absolute Gasteiger partial charge is 0.317 e. The molecule has 0 saturated heterocycles. The molecule has 1 aromatic rings. The molecule has 1 aliphatic carbocycles. The molecule has 1 aliphatic rings. The molecule has 1 atom stereocenters. The lowest BCUT2D eigenvalue weighted by molar-refractivity contribution is 0.137. The molecule has 1 saturated carbocycles. The summed E-state index contributed by atoms with van der Waals surface area (Å²) in [6.07, 6.45) is 5.30. The minimum absolute atomic E-state index is 0.557. The molecule has 1 N–H and O–H groups in total. The fourth-order valence-corrected chi connectivity index (χ4v) is 4.12. The quantitative estimate of drug-likeness (QED) is 0.896. The molecule has 0 amide bonds. The van der Waals surface area contributed by atoms with E-state index in [1.807, 2.05) is 11.3 Å². The van der Waals surface area contributed by atoms with Gasteiger partial charge < -0.3 is 5.32 Å². The minimum atomic E-state index is 0.557. The fourth-order valence-electron chi connectivity index (χ4n) is 3.09. The number of rotatable bonds is 4. The lowest BCUT2D eigenvalue weighted by Crippen LogP contribution is -2.40. The maximum absolute atomic E-state index is 3.41. The Hall–Kier alpha value is -0.380. The Bertz CT molecular complexity index is 366. The van der Waals surface area contributed by atoms with Gasteiger partial charge in [0.15, 0.2) is 0 Å². The summed E-state index contributed by atoms with van der Waals surface area (Å²) in [7, 11) is 4.39. The van der Waals surface area contributed by atoms with Crippen LogP contribution >= 0.6 is 11.3 Å². The third-order valence-electron chi connectivity index (χ3n) is 4.57. The number of thiophene rings is 1. The summed E-state index contributed by atoms with van der Waals surface area (Å²) < 4.78 is 0. The summed E-state index contributed by atoms with van der Waals surface area (Å²) in [4.78, 5) is 4.12. The molecule has 3 heteroatoms. The average molecular weight is 266 g/mol. The summed E-state index contributed by atoms with van der Waals surface area (Å²) >= 11 is 1.90. The predicted molar refractivity (Wildman–Crippen MR) is 80.3 cm³/mol. The van der Waals surface area contributed by atoms with Gasteiger partial charge in [0.25, 0.3) is 0 Å². The second kappa shape index (κ2) is 6.18. The summed E-state index contributed by atoms with van der Waals surface area (Å²) in [5.74, 6) is 0. The SMILES string of the molecule is CNC1CCC(N(C)C(C)c2sccc2C)CC1. The van der Waals surface area contributed by atoms with Crippen LogP contribution in [0, 0.1) is 6.92 Å². The molecule has 0 spiro atoms. The van der Waals surface area contributed by atoms with Gasteiger partial charge in [0.05, 0.1) is 0 Å². The van der Waals surface area contributed by atoms with E-state index in [0.717, 1.165) is 12.1 Å². The molecule has 0 aliphatic heterocycles. The van der Waals surface area contributed by atoms with E-state index in [4.69, 9.17) is 0 Å². The standard InChI is InChI=1S/C15H26N2S/c1-11-9-10-18-15(11)12(2)17(4)14-7-5-13(16-3)6-8-14/h9-10,12-14,16H,5-8H2,1-4H3. The first-order valence-corrected chi connectivity index (χ1v) is 7.94. The van der Waals surface area contributed by atoms with Crippen LogP contribution in [0.4, 0.5) is 0 Å². The van der Waals surface area contributed by atoms with E-state index in [9.17, 15) is 0 Å². The lowest BCUT2D eigenvalue weighted by Gasteiger charge is -2.37. The van der Waals surface area contributed by atoms with Crippen LogP contribution in [0.25, 0.3) is 0 Å². The van der Waals surface area contributed by atoms with Gasteiger partial charge >= 0.3 is 0 Å². The van der Waals surface area contributed by atoms with E-state index >= 15 is 0 Å². The van der Waals surface area contributed by atoms with E-state index in [2.05, 4.69) is 49.6 Å². The summed E-state index contributed by atoms with van der Waals surface area (Å²) in [5.41, 5.74) is 1.45. The molecule has 2 nitrogen and oxygen atoms in total. The van der Waals surface area contributed by atoms with Crippen molar-refractivity contribution in [2.24, 2.45) is 0 Å². The Morgan fingerprint density at radius 3 is 2.50 bits per heavy atom. The van der Waals surface area contributed by atoms with E-state index in [1.165, 1.54) is 36.1 Å². The van der Waals surface area contributed by atoms with Gasteiger partial charge in [-0.1, -0.05) is 0 Å². The van der Waals surface area contributed by atoms with Crippen molar-refractivity contribution in [1.82, 2.24) is 10.2 Å². The van der Waals surface area contributed by atoms with Crippen LogP contribution in [-0.2, 0) is 0 Å². The number of hydrogen-bond acceptors (Lipinski definition) is 3. The maximum atomic E-state index is 3.41. The molecule has 0 radical (unpaired) electrons. The second-order valence-corrected chi connectivity index (χ2v) is 6.55. The molecule has 0 aromatic carbocycles. The topological polar surface area (TPSA) is 15.3 Å². The second-order valence-electron chi connectivity index (χ2n) is 5.60. The van der Waals surface area contributed by atoms with Crippen LogP contribution in [0.2, 0.25) is 0 Å². The van der Waals surface area contributed by atoms with Crippen molar-refractivity contribution in [2.75, 3.05) is 14.1 Å². The molecule has 1 aromatic heterocycles. The van der Waals surface area contributed by atoms with Crippen molar-refractivity contribution < 1.29 is 0 Å². The number of hydrogen-bond donors (Lipinski definition) is 1. The molecular formula is C15H26N2S. The van der Waals surface area contributed by atoms with Crippen LogP contribution < -0.4 is 5.32 Å². The zero-order chi connectivity index (χ0) is 13.1. The zero-order valence-corrected chi connectivity index (χ0v) is 12.9. The molecule has 18 heavy (non-hydrogen) atoms. The average Bonchev–Trinajstić information content (AvgIpc) is 2.83. The van der Waals surface area contributed by atoms with Crippen molar-refractivity contribution in [3.63, 3.8) is 0 Å². The van der Waals surface area contributed by atoms with Crippen molar-refractivity contribution in [3.05, 3.63) is 21.9 Å². The Morgan fingerprint density at radius 2 is 2.00 bits per heavy atom. The predicted octanol–water partition coefficient (Wildman–Crippen LogP) is 3.58. The van der Waals surface area contributed by atoms with Gasteiger partial charge in [0, 0.05) is 23.0 Å². The summed E-state index contributed by atoms with van der Waals surface area (Å²) in [6.45, 7) is 4.58. The highest BCUT2D eigenvalue weighted by Gasteiger charge is 2.27. The van der Waals surface area contributed by atoms with Crippen molar-refractivity contribution in [1.29, 1.82) is 0 Å². The first-order valence-electron chi connectivity index (χ1n) is 7.06. The van der Waals surface area contributed by atoms with Crippen LogP contribution in [0.15, 0.2) is 11.4 Å². The van der Waals surface area contributed by atoms with Gasteiger partial charge in [-0.3, -0.25) is 4.90 Å². The smallest absolute Gasteiger partial charge is 0.0415 e. The van der Waals surface area contributed by atoms with Gasteiger partial charge in [0.2, 0.25) is 0 Å². The Labute approximate surface area is 115 Å². The Balaban J connectivity index is 1.95. The highest BCUT2D eigenvalue weighted by atomic mass is 32.1. The third-order valence-corrected chi connectivity index (χ3v) is 5.76. The summed E-state index contributed by atoms with van der Waals surface area (Å²) in [5, 5.41) is 5.63. The molecule has 1 heterocycles. The number of nitrogens with zero attached hydrogens (tertiary/aromatic N) is 1. The molecular weight excluding hydrogens is 240 g/mol. The highest BCUT2D eigenvalue weighted by Crippen LogP contribution is 2.32. The van der Waals surface area contributed by atoms with Crippen LogP contribution in [0.5, 0.6) is 0 Å². The molecule has 2 rings (SSSR count). The van der Waals surface area contributed by atoms with Gasteiger partial charge in [0.1, 0.15) is 0 Å². The van der Waals surface area contributed by atoms with Crippen molar-refractivity contribution in [3.8, 4) is 0 Å².